The lowest BCUT2D eigenvalue weighted by atomic mass is 10.1. The molecule has 2 aromatic rings. The molecular weight excluding hydrogens is 456 g/mol. The van der Waals surface area contributed by atoms with Crippen molar-refractivity contribution in [3.05, 3.63) is 58.1 Å². The van der Waals surface area contributed by atoms with Gasteiger partial charge in [-0.05, 0) is 62.1 Å². The summed E-state index contributed by atoms with van der Waals surface area (Å²) in [4.78, 5) is 12.9. The van der Waals surface area contributed by atoms with Crippen molar-refractivity contribution in [3.8, 4) is 5.75 Å². The fraction of sp³-hybridized carbons (Fsp3) is 0.381. The van der Waals surface area contributed by atoms with E-state index in [4.69, 9.17) is 4.74 Å². The van der Waals surface area contributed by atoms with Crippen LogP contribution < -0.4 is 10.1 Å². The molecule has 8 heteroatoms. The van der Waals surface area contributed by atoms with E-state index in [1.807, 2.05) is 25.1 Å². The molecule has 1 N–H and O–H groups in total. The molecule has 0 aliphatic carbocycles. The Morgan fingerprint density at radius 2 is 1.97 bits per heavy atom. The number of methoxy groups -OCH3 is 1. The van der Waals surface area contributed by atoms with Crippen molar-refractivity contribution in [3.63, 3.8) is 0 Å². The maximum Gasteiger partial charge on any atom is 0.243 e. The molecule has 6 nitrogen and oxygen atoms in total. The topological polar surface area (TPSA) is 75.7 Å². The van der Waals surface area contributed by atoms with Gasteiger partial charge >= 0.3 is 0 Å². The first-order valence-corrected chi connectivity index (χ1v) is 11.7. The number of benzene rings is 2. The van der Waals surface area contributed by atoms with Crippen LogP contribution in [-0.2, 0) is 21.2 Å². The van der Waals surface area contributed by atoms with Crippen molar-refractivity contribution < 1.29 is 17.9 Å². The predicted molar refractivity (Wildman–Crippen MR) is 116 cm³/mol. The molecule has 29 heavy (non-hydrogen) atoms. The molecule has 156 valence electrons. The molecular formula is C21H25BrN2O4S. The minimum Gasteiger partial charge on any atom is -0.496 e. The van der Waals surface area contributed by atoms with Gasteiger partial charge in [0.15, 0.2) is 0 Å². The summed E-state index contributed by atoms with van der Waals surface area (Å²) in [6, 6.07) is 11.7. The number of halogens is 1. The van der Waals surface area contributed by atoms with Crippen LogP contribution in [0.1, 0.15) is 24.0 Å². The van der Waals surface area contributed by atoms with E-state index >= 15 is 0 Å². The fourth-order valence-corrected chi connectivity index (χ4v) is 5.49. The van der Waals surface area contributed by atoms with E-state index in [2.05, 4.69) is 21.2 Å². The van der Waals surface area contributed by atoms with Gasteiger partial charge in [-0.15, -0.1) is 0 Å². The molecule has 0 saturated carbocycles. The van der Waals surface area contributed by atoms with Crippen molar-refractivity contribution in [2.75, 3.05) is 20.2 Å². The van der Waals surface area contributed by atoms with E-state index in [9.17, 15) is 13.2 Å². The summed E-state index contributed by atoms with van der Waals surface area (Å²) in [7, 11) is -2.09. The van der Waals surface area contributed by atoms with Crippen molar-refractivity contribution >= 4 is 31.9 Å². The third-order valence-corrected chi connectivity index (χ3v) is 7.51. The van der Waals surface area contributed by atoms with Gasteiger partial charge in [0.1, 0.15) is 11.8 Å². The third kappa shape index (κ3) is 4.99. The van der Waals surface area contributed by atoms with Crippen LogP contribution in [0.15, 0.2) is 51.8 Å². The highest BCUT2D eigenvalue weighted by Crippen LogP contribution is 2.27. The summed E-state index contributed by atoms with van der Waals surface area (Å²) in [5.41, 5.74) is 2.13. The first-order chi connectivity index (χ1) is 13.8. The van der Waals surface area contributed by atoms with Crippen LogP contribution in [0.2, 0.25) is 0 Å². The number of sulfonamides is 1. The molecule has 3 rings (SSSR count). The van der Waals surface area contributed by atoms with Gasteiger partial charge in [0.25, 0.3) is 0 Å². The molecule has 0 unspecified atom stereocenters. The molecule has 2 aromatic carbocycles. The zero-order chi connectivity index (χ0) is 21.0. The van der Waals surface area contributed by atoms with Gasteiger partial charge in [-0.3, -0.25) is 4.79 Å². The van der Waals surface area contributed by atoms with E-state index in [0.29, 0.717) is 32.4 Å². The predicted octanol–water partition coefficient (Wildman–Crippen LogP) is 3.28. The van der Waals surface area contributed by atoms with Crippen LogP contribution in [0.25, 0.3) is 0 Å². The molecule has 1 fully saturated rings. The molecule has 1 amide bonds. The first kappa shape index (κ1) is 21.8. The maximum atomic E-state index is 13.0. The maximum absolute atomic E-state index is 13.0. The summed E-state index contributed by atoms with van der Waals surface area (Å²) in [5, 5.41) is 2.90. The first-order valence-electron chi connectivity index (χ1n) is 9.51. The number of hydrogen-bond acceptors (Lipinski definition) is 4. The zero-order valence-electron chi connectivity index (χ0n) is 16.5. The van der Waals surface area contributed by atoms with E-state index in [1.54, 1.807) is 31.4 Å². The second kappa shape index (κ2) is 9.28. The molecule has 1 saturated heterocycles. The van der Waals surface area contributed by atoms with E-state index in [-0.39, 0.29) is 10.8 Å². The van der Waals surface area contributed by atoms with Gasteiger partial charge in [0.2, 0.25) is 15.9 Å². The van der Waals surface area contributed by atoms with Crippen LogP contribution >= 0.6 is 15.9 Å². The average Bonchev–Trinajstić information content (AvgIpc) is 3.19. The molecule has 1 aliphatic heterocycles. The fourth-order valence-electron chi connectivity index (χ4n) is 3.57. The number of hydrogen-bond donors (Lipinski definition) is 1. The summed E-state index contributed by atoms with van der Waals surface area (Å²) in [5.74, 6) is 0.528. The Labute approximate surface area is 180 Å². The number of rotatable bonds is 7. The van der Waals surface area contributed by atoms with E-state index < -0.39 is 16.1 Å². The third-order valence-electron chi connectivity index (χ3n) is 5.06. The summed E-state index contributed by atoms with van der Waals surface area (Å²) >= 11 is 3.31. The number of nitrogens with zero attached hydrogens (tertiary/aromatic N) is 1. The van der Waals surface area contributed by atoms with Crippen LogP contribution in [0.3, 0.4) is 0 Å². The number of carbonyl (C=O) groups excluding carboxylic acids is 1. The second-order valence-electron chi connectivity index (χ2n) is 7.08. The monoisotopic (exact) mass is 480 g/mol. The number of aryl methyl sites for hydroxylation is 1. The SMILES string of the molecule is COc1ccc(C)cc1CCNC(=O)[C@@H]1CCCN1S(=O)(=O)c1ccc(Br)cc1. The zero-order valence-corrected chi connectivity index (χ0v) is 18.9. The molecule has 1 heterocycles. The summed E-state index contributed by atoms with van der Waals surface area (Å²) in [6.45, 7) is 2.77. The average molecular weight is 481 g/mol. The molecule has 0 spiro atoms. The standard InChI is InChI=1S/C21H25BrN2O4S/c1-15-5-10-20(28-2)16(14-15)11-12-23-21(25)19-4-3-13-24(19)29(26,27)18-8-6-17(22)7-9-18/h5-10,14,19H,3-4,11-13H2,1-2H3,(H,23,25)/t19-/m0/s1. The molecule has 1 atom stereocenters. The summed E-state index contributed by atoms with van der Waals surface area (Å²) < 4.78 is 33.5. The minimum absolute atomic E-state index is 0.199. The largest absolute Gasteiger partial charge is 0.496 e. The Morgan fingerprint density at radius 1 is 1.24 bits per heavy atom. The van der Waals surface area contributed by atoms with Crippen LogP contribution in [0.4, 0.5) is 0 Å². The molecule has 1 aliphatic rings. The van der Waals surface area contributed by atoms with E-state index in [1.165, 1.54) is 4.31 Å². The Hall–Kier alpha value is -1.90. The van der Waals surface area contributed by atoms with Gasteiger partial charge < -0.3 is 10.1 Å². The van der Waals surface area contributed by atoms with Crippen molar-refractivity contribution in [1.82, 2.24) is 9.62 Å². The number of amides is 1. The van der Waals surface area contributed by atoms with Crippen molar-refractivity contribution in [1.29, 1.82) is 0 Å². The van der Waals surface area contributed by atoms with Gasteiger partial charge in [-0.1, -0.05) is 33.6 Å². The lowest BCUT2D eigenvalue weighted by Crippen LogP contribution is -2.46. The molecule has 0 aromatic heterocycles. The lowest BCUT2D eigenvalue weighted by molar-refractivity contribution is -0.124. The smallest absolute Gasteiger partial charge is 0.243 e. The Kier molecular flexibility index (Phi) is 6.97. The lowest BCUT2D eigenvalue weighted by Gasteiger charge is -2.23. The minimum atomic E-state index is -3.71. The van der Waals surface area contributed by atoms with Gasteiger partial charge in [-0.2, -0.15) is 4.31 Å². The normalized spacial score (nSPS) is 17.3. The Balaban J connectivity index is 1.66. The van der Waals surface area contributed by atoms with Gasteiger partial charge in [0, 0.05) is 17.6 Å². The number of carbonyl (C=O) groups is 1. The highest BCUT2D eigenvalue weighted by atomic mass is 79.9. The molecule has 0 radical (unpaired) electrons. The highest BCUT2D eigenvalue weighted by Gasteiger charge is 2.39. The second-order valence-corrected chi connectivity index (χ2v) is 9.89. The Bertz CT molecular complexity index is 977. The highest BCUT2D eigenvalue weighted by molar-refractivity contribution is 9.10. The van der Waals surface area contributed by atoms with Gasteiger partial charge in [0.05, 0.1) is 12.0 Å². The molecule has 0 bridgehead atoms. The van der Waals surface area contributed by atoms with Crippen molar-refractivity contribution in [2.24, 2.45) is 0 Å². The van der Waals surface area contributed by atoms with Crippen LogP contribution in [0.5, 0.6) is 5.75 Å². The quantitative estimate of drug-likeness (QED) is 0.659. The van der Waals surface area contributed by atoms with E-state index in [0.717, 1.165) is 21.3 Å². The number of nitrogens with one attached hydrogen (secondary N) is 1. The van der Waals surface area contributed by atoms with Crippen LogP contribution in [-0.4, -0.2) is 44.9 Å². The van der Waals surface area contributed by atoms with Crippen molar-refractivity contribution in [2.45, 2.75) is 37.1 Å². The Morgan fingerprint density at radius 3 is 2.66 bits per heavy atom. The van der Waals surface area contributed by atoms with Crippen LogP contribution in [0, 0.1) is 6.92 Å². The number of ether oxygens (including phenoxy) is 1. The summed E-state index contributed by atoms with van der Waals surface area (Å²) in [6.07, 6.45) is 1.80. The van der Waals surface area contributed by atoms with Gasteiger partial charge in [-0.25, -0.2) is 8.42 Å².